The van der Waals surface area contributed by atoms with Gasteiger partial charge in [-0.15, -0.1) is 0 Å². The predicted octanol–water partition coefficient (Wildman–Crippen LogP) is 2.51. The van der Waals surface area contributed by atoms with Crippen LogP contribution in [0.2, 0.25) is 0 Å². The Kier molecular flexibility index (Phi) is 3.82. The molecule has 1 heterocycles. The lowest BCUT2D eigenvalue weighted by Gasteiger charge is -2.23. The van der Waals surface area contributed by atoms with E-state index in [4.69, 9.17) is 4.42 Å². The van der Waals surface area contributed by atoms with Crippen molar-refractivity contribution in [3.8, 4) is 0 Å². The predicted molar refractivity (Wildman–Crippen MR) is 69.2 cm³/mol. The molecule has 0 aliphatic rings. The van der Waals surface area contributed by atoms with Gasteiger partial charge in [-0.3, -0.25) is 0 Å². The van der Waals surface area contributed by atoms with Gasteiger partial charge in [-0.05, 0) is 36.2 Å². The van der Waals surface area contributed by atoms with E-state index in [1.165, 1.54) is 5.56 Å². The fourth-order valence-corrected chi connectivity index (χ4v) is 2.16. The molecule has 3 heteroatoms. The summed E-state index contributed by atoms with van der Waals surface area (Å²) in [7, 11) is 0. The van der Waals surface area contributed by atoms with Crippen molar-refractivity contribution < 1.29 is 9.52 Å². The van der Waals surface area contributed by atoms with Crippen LogP contribution in [0.3, 0.4) is 0 Å². The molecular formula is C14H19NO2. The van der Waals surface area contributed by atoms with Crippen LogP contribution >= 0.6 is 0 Å². The molecule has 0 fully saturated rings. The van der Waals surface area contributed by atoms with Gasteiger partial charge in [-0.1, -0.05) is 19.9 Å². The second-order valence-corrected chi connectivity index (χ2v) is 4.35. The van der Waals surface area contributed by atoms with Crippen molar-refractivity contribution in [2.45, 2.75) is 25.8 Å². The molecule has 1 aromatic heterocycles. The largest absolute Gasteiger partial charge is 0.464 e. The molecule has 0 spiro atoms. The fourth-order valence-electron chi connectivity index (χ4n) is 2.16. The number of aliphatic hydroxyl groups is 1. The summed E-state index contributed by atoms with van der Waals surface area (Å²) in [5.41, 5.74) is 2.13. The minimum atomic E-state index is 0.101. The second kappa shape index (κ2) is 5.34. The third-order valence-corrected chi connectivity index (χ3v) is 3.27. The number of benzene rings is 1. The lowest BCUT2D eigenvalue weighted by molar-refractivity contribution is 0.228. The Morgan fingerprint density at radius 1 is 1.35 bits per heavy atom. The molecular weight excluding hydrogens is 214 g/mol. The fraction of sp³-hybridized carbons (Fsp3) is 0.429. The number of hydrogen-bond acceptors (Lipinski definition) is 3. The molecule has 0 bridgehead atoms. The maximum absolute atomic E-state index is 9.38. The van der Waals surface area contributed by atoms with Crippen LogP contribution in [-0.2, 0) is 0 Å². The van der Waals surface area contributed by atoms with E-state index >= 15 is 0 Å². The number of aliphatic hydroxyl groups excluding tert-OH is 1. The molecule has 0 saturated carbocycles. The van der Waals surface area contributed by atoms with Gasteiger partial charge in [-0.25, -0.2) is 0 Å². The summed E-state index contributed by atoms with van der Waals surface area (Å²) in [4.78, 5) is 0. The first-order valence-corrected chi connectivity index (χ1v) is 6.07. The third-order valence-electron chi connectivity index (χ3n) is 3.27. The number of fused-ring (bicyclic) bond motifs is 1. The van der Waals surface area contributed by atoms with Crippen molar-refractivity contribution >= 4 is 11.0 Å². The zero-order valence-corrected chi connectivity index (χ0v) is 10.3. The zero-order valence-electron chi connectivity index (χ0n) is 10.3. The average Bonchev–Trinajstić information content (AvgIpc) is 2.82. The smallest absolute Gasteiger partial charge is 0.133 e. The first-order valence-electron chi connectivity index (χ1n) is 6.07. The standard InChI is InChI=1S/C14H19NO2/c1-3-15-13(9-16)10(2)11-4-5-14-12(8-11)6-7-17-14/h4-8,10,13,15-16H,3,9H2,1-2H3. The van der Waals surface area contributed by atoms with Crippen molar-refractivity contribution in [1.82, 2.24) is 5.32 Å². The number of rotatable bonds is 5. The van der Waals surface area contributed by atoms with Crippen molar-refractivity contribution in [2.24, 2.45) is 0 Å². The van der Waals surface area contributed by atoms with Crippen LogP contribution in [-0.4, -0.2) is 24.3 Å². The molecule has 2 atom stereocenters. The van der Waals surface area contributed by atoms with Crippen LogP contribution in [0, 0.1) is 0 Å². The Morgan fingerprint density at radius 3 is 2.88 bits per heavy atom. The normalized spacial score (nSPS) is 15.0. The second-order valence-electron chi connectivity index (χ2n) is 4.35. The number of furan rings is 1. The van der Waals surface area contributed by atoms with Gasteiger partial charge in [0.25, 0.3) is 0 Å². The number of hydrogen-bond donors (Lipinski definition) is 2. The summed E-state index contributed by atoms with van der Waals surface area (Å²) in [6.07, 6.45) is 1.70. The van der Waals surface area contributed by atoms with E-state index in [0.29, 0.717) is 0 Å². The summed E-state index contributed by atoms with van der Waals surface area (Å²) in [5, 5.41) is 13.8. The number of nitrogens with one attached hydrogen (secondary N) is 1. The van der Waals surface area contributed by atoms with Gasteiger partial charge >= 0.3 is 0 Å². The van der Waals surface area contributed by atoms with Gasteiger partial charge in [0.15, 0.2) is 0 Å². The van der Waals surface area contributed by atoms with Crippen molar-refractivity contribution in [1.29, 1.82) is 0 Å². The van der Waals surface area contributed by atoms with Gasteiger partial charge in [0, 0.05) is 11.4 Å². The van der Waals surface area contributed by atoms with E-state index in [1.807, 2.05) is 12.1 Å². The van der Waals surface area contributed by atoms with Crippen molar-refractivity contribution in [3.63, 3.8) is 0 Å². The van der Waals surface area contributed by atoms with E-state index in [9.17, 15) is 5.11 Å². The highest BCUT2D eigenvalue weighted by Crippen LogP contribution is 2.24. The van der Waals surface area contributed by atoms with Crippen molar-refractivity contribution in [2.75, 3.05) is 13.2 Å². The lowest BCUT2D eigenvalue weighted by Crippen LogP contribution is -2.36. The van der Waals surface area contributed by atoms with Gasteiger partial charge in [0.1, 0.15) is 5.58 Å². The van der Waals surface area contributed by atoms with Gasteiger partial charge in [0.2, 0.25) is 0 Å². The van der Waals surface area contributed by atoms with E-state index < -0.39 is 0 Å². The molecule has 0 saturated heterocycles. The Morgan fingerprint density at radius 2 is 2.18 bits per heavy atom. The molecule has 1 aromatic carbocycles. The Balaban J connectivity index is 2.24. The van der Waals surface area contributed by atoms with E-state index in [0.717, 1.165) is 17.5 Å². The highest BCUT2D eigenvalue weighted by molar-refractivity contribution is 5.77. The maximum Gasteiger partial charge on any atom is 0.133 e. The van der Waals surface area contributed by atoms with Crippen molar-refractivity contribution in [3.05, 3.63) is 36.1 Å². The van der Waals surface area contributed by atoms with E-state index in [1.54, 1.807) is 6.26 Å². The maximum atomic E-state index is 9.38. The van der Waals surface area contributed by atoms with E-state index in [2.05, 4.69) is 31.3 Å². The topological polar surface area (TPSA) is 45.4 Å². The highest BCUT2D eigenvalue weighted by atomic mass is 16.3. The molecule has 2 aromatic rings. The van der Waals surface area contributed by atoms with E-state index in [-0.39, 0.29) is 18.6 Å². The summed E-state index contributed by atoms with van der Waals surface area (Å²) in [6.45, 7) is 5.20. The molecule has 0 radical (unpaired) electrons. The minimum absolute atomic E-state index is 0.101. The monoisotopic (exact) mass is 233 g/mol. The van der Waals surface area contributed by atoms with Crippen LogP contribution in [0.15, 0.2) is 34.9 Å². The molecule has 3 nitrogen and oxygen atoms in total. The molecule has 92 valence electrons. The molecule has 2 unspecified atom stereocenters. The molecule has 2 N–H and O–H groups in total. The van der Waals surface area contributed by atoms with Crippen LogP contribution < -0.4 is 5.32 Å². The molecule has 0 aliphatic heterocycles. The van der Waals surface area contributed by atoms with Crippen LogP contribution in [0.4, 0.5) is 0 Å². The SMILES string of the molecule is CCNC(CO)C(C)c1ccc2occc2c1. The first-order chi connectivity index (χ1) is 8.26. The molecule has 17 heavy (non-hydrogen) atoms. The molecule has 2 rings (SSSR count). The third kappa shape index (κ3) is 2.51. The Bertz CT molecular complexity index is 478. The van der Waals surface area contributed by atoms with Crippen LogP contribution in [0.25, 0.3) is 11.0 Å². The van der Waals surface area contributed by atoms with Gasteiger partial charge in [-0.2, -0.15) is 0 Å². The summed E-state index contributed by atoms with van der Waals surface area (Å²) < 4.78 is 5.32. The van der Waals surface area contributed by atoms with Crippen LogP contribution in [0.5, 0.6) is 0 Å². The minimum Gasteiger partial charge on any atom is -0.464 e. The molecule has 0 amide bonds. The summed E-state index contributed by atoms with van der Waals surface area (Å²) >= 11 is 0. The highest BCUT2D eigenvalue weighted by Gasteiger charge is 2.17. The quantitative estimate of drug-likeness (QED) is 0.834. The number of likely N-dealkylation sites (N-methyl/N-ethyl adjacent to an activating group) is 1. The zero-order chi connectivity index (χ0) is 12.3. The van der Waals surface area contributed by atoms with Crippen LogP contribution in [0.1, 0.15) is 25.3 Å². The Labute approximate surface area is 101 Å². The van der Waals surface area contributed by atoms with Gasteiger partial charge in [0.05, 0.1) is 12.9 Å². The lowest BCUT2D eigenvalue weighted by atomic mass is 9.93. The molecule has 0 aliphatic carbocycles. The first kappa shape index (κ1) is 12.1. The summed E-state index contributed by atoms with van der Waals surface area (Å²) in [5.74, 6) is 0.277. The average molecular weight is 233 g/mol. The Hall–Kier alpha value is -1.32. The van der Waals surface area contributed by atoms with Gasteiger partial charge < -0.3 is 14.8 Å². The summed E-state index contributed by atoms with van der Waals surface area (Å²) in [6, 6.07) is 8.25.